The highest BCUT2D eigenvalue weighted by Crippen LogP contribution is 2.18. The molecule has 3 aromatic rings. The van der Waals surface area contributed by atoms with Gasteiger partial charge in [-0.1, -0.05) is 0 Å². The fourth-order valence-electron chi connectivity index (χ4n) is 1.47. The second-order valence-electron chi connectivity index (χ2n) is 2.95. The maximum atomic E-state index is 4.28. The van der Waals surface area contributed by atoms with Crippen molar-refractivity contribution in [1.29, 1.82) is 0 Å². The zero-order valence-corrected chi connectivity index (χ0v) is 7.25. The van der Waals surface area contributed by atoms with Crippen LogP contribution in [-0.2, 0) is 0 Å². The lowest BCUT2D eigenvalue weighted by atomic mass is 10.2. The second kappa shape index (κ2) is 2.70. The molecule has 0 saturated heterocycles. The zero-order valence-electron chi connectivity index (χ0n) is 7.25. The van der Waals surface area contributed by atoms with E-state index in [-0.39, 0.29) is 0 Å². The molecule has 0 spiro atoms. The maximum Gasteiger partial charge on any atom is 0.117 e. The van der Waals surface area contributed by atoms with Gasteiger partial charge in [-0.3, -0.25) is 9.97 Å². The number of aromatic nitrogens is 4. The van der Waals surface area contributed by atoms with Gasteiger partial charge >= 0.3 is 0 Å². The van der Waals surface area contributed by atoms with Crippen molar-refractivity contribution in [3.8, 4) is 0 Å². The van der Waals surface area contributed by atoms with Crippen LogP contribution in [0.3, 0.4) is 0 Å². The van der Waals surface area contributed by atoms with Crippen LogP contribution in [0.1, 0.15) is 0 Å². The molecule has 66 valence electrons. The molecule has 0 fully saturated rings. The monoisotopic (exact) mass is 182 g/mol. The Morgan fingerprint density at radius 2 is 1.86 bits per heavy atom. The highest BCUT2D eigenvalue weighted by atomic mass is 14.9. The van der Waals surface area contributed by atoms with E-state index >= 15 is 0 Å². The molecule has 0 amide bonds. The van der Waals surface area contributed by atoms with Crippen molar-refractivity contribution in [2.45, 2.75) is 0 Å². The lowest BCUT2D eigenvalue weighted by Gasteiger charge is -1.90. The number of hydrogen-bond acceptors (Lipinski definition) is 4. The minimum absolute atomic E-state index is 0.834. The number of imidazole rings is 1. The predicted molar refractivity (Wildman–Crippen MR) is 52.6 cm³/mol. The van der Waals surface area contributed by atoms with Crippen LogP contribution in [0, 0.1) is 0 Å². The van der Waals surface area contributed by atoms with Gasteiger partial charge in [0.2, 0.25) is 0 Å². The Hall–Kier alpha value is -2.10. The van der Waals surface area contributed by atoms with E-state index in [1.807, 2.05) is 12.1 Å². The minimum Gasteiger partial charge on any atom is -0.262 e. The summed E-state index contributed by atoms with van der Waals surface area (Å²) in [6.45, 7) is 0. The predicted octanol–water partition coefficient (Wildman–Crippen LogP) is 1.57. The van der Waals surface area contributed by atoms with Crippen molar-refractivity contribution in [3.05, 3.63) is 37.1 Å². The first-order valence-corrected chi connectivity index (χ1v) is 4.24. The number of fused-ring (bicyclic) bond motifs is 3. The highest BCUT2D eigenvalue weighted by Gasteiger charge is 2.02. The van der Waals surface area contributed by atoms with Crippen LogP contribution in [-0.4, -0.2) is 19.9 Å². The molecule has 0 saturated carbocycles. The molecule has 2 heterocycles. The van der Waals surface area contributed by atoms with Gasteiger partial charge in [-0.15, -0.1) is 0 Å². The van der Waals surface area contributed by atoms with E-state index in [0.717, 1.165) is 21.9 Å². The van der Waals surface area contributed by atoms with Crippen molar-refractivity contribution in [3.63, 3.8) is 0 Å². The molecule has 4 heteroatoms. The Morgan fingerprint density at radius 3 is 2.86 bits per heavy atom. The molecule has 2 aromatic heterocycles. The van der Waals surface area contributed by atoms with Crippen molar-refractivity contribution in [2.75, 3.05) is 0 Å². The van der Waals surface area contributed by atoms with E-state index in [1.165, 1.54) is 0 Å². The van der Waals surface area contributed by atoms with Crippen molar-refractivity contribution in [2.24, 2.45) is 0 Å². The first-order valence-electron chi connectivity index (χ1n) is 4.24. The van der Waals surface area contributed by atoms with Crippen molar-refractivity contribution in [1.82, 2.24) is 19.9 Å². The first kappa shape index (κ1) is 7.32. The van der Waals surface area contributed by atoms with Crippen LogP contribution in [0.5, 0.6) is 0 Å². The molecular formula is C10H6N4. The van der Waals surface area contributed by atoms with Gasteiger partial charge in [0.25, 0.3) is 0 Å². The SMILES string of the molecule is c1cnc2c(ccc3ncnc32)cn1. The van der Waals surface area contributed by atoms with Crippen molar-refractivity contribution < 1.29 is 0 Å². The molecule has 3 rings (SSSR count). The third-order valence-electron chi connectivity index (χ3n) is 2.11. The standard InChI is InChI=1S/C10H6N4/c1-2-8-10(14-6-13-8)9-7(1)5-11-3-4-12-9/h1-6H. The van der Waals surface area contributed by atoms with Gasteiger partial charge in [-0.25, -0.2) is 9.97 Å². The molecule has 0 unspecified atom stereocenters. The summed E-state index contributed by atoms with van der Waals surface area (Å²) < 4.78 is 0. The minimum atomic E-state index is 0.834. The Balaban J connectivity index is 2.64. The van der Waals surface area contributed by atoms with Crippen LogP contribution in [0.15, 0.2) is 37.1 Å². The summed E-state index contributed by atoms with van der Waals surface area (Å²) >= 11 is 0. The van der Waals surface area contributed by atoms with Crippen LogP contribution in [0.2, 0.25) is 0 Å². The molecule has 0 N–H and O–H groups in total. The molecule has 0 bridgehead atoms. The van der Waals surface area contributed by atoms with Gasteiger partial charge in [0.1, 0.15) is 11.8 Å². The molecule has 0 aliphatic heterocycles. The van der Waals surface area contributed by atoms with Gasteiger partial charge in [0, 0.05) is 24.0 Å². The maximum absolute atomic E-state index is 4.28. The van der Waals surface area contributed by atoms with E-state index in [4.69, 9.17) is 0 Å². The Labute approximate surface area is 79.7 Å². The van der Waals surface area contributed by atoms with Gasteiger partial charge < -0.3 is 0 Å². The third kappa shape index (κ3) is 0.939. The Bertz CT molecular complexity index is 606. The van der Waals surface area contributed by atoms with E-state index in [2.05, 4.69) is 19.9 Å². The first-order chi connectivity index (χ1) is 6.95. The molecule has 0 aliphatic carbocycles. The fraction of sp³-hybridized carbons (Fsp3) is 0. The van der Waals surface area contributed by atoms with Gasteiger partial charge in [0.05, 0.1) is 11.0 Å². The van der Waals surface area contributed by atoms with Crippen molar-refractivity contribution >= 4 is 21.9 Å². The summed E-state index contributed by atoms with van der Waals surface area (Å²) in [4.78, 5) is 16.6. The lowest BCUT2D eigenvalue weighted by Crippen LogP contribution is -1.75. The average molecular weight is 182 g/mol. The lowest BCUT2D eigenvalue weighted by molar-refractivity contribution is 1.33. The summed E-state index contributed by atoms with van der Waals surface area (Å²) in [6.07, 6.45) is 6.64. The molecule has 4 nitrogen and oxygen atoms in total. The summed E-state index contributed by atoms with van der Waals surface area (Å²) in [7, 11) is 0. The average Bonchev–Trinajstić information content (AvgIpc) is 2.55. The largest absolute Gasteiger partial charge is 0.262 e. The summed E-state index contributed by atoms with van der Waals surface area (Å²) in [5, 5.41) is 0.975. The van der Waals surface area contributed by atoms with E-state index in [0.29, 0.717) is 0 Å². The molecule has 14 heavy (non-hydrogen) atoms. The quantitative estimate of drug-likeness (QED) is 0.529. The number of benzene rings is 1. The number of hydrogen-bond donors (Lipinski definition) is 0. The van der Waals surface area contributed by atoms with Crippen LogP contribution >= 0.6 is 0 Å². The molecule has 0 atom stereocenters. The van der Waals surface area contributed by atoms with Crippen LogP contribution < -0.4 is 0 Å². The van der Waals surface area contributed by atoms with Gasteiger partial charge in [0.15, 0.2) is 0 Å². The second-order valence-corrected chi connectivity index (χ2v) is 2.95. The smallest absolute Gasteiger partial charge is 0.117 e. The fourth-order valence-corrected chi connectivity index (χ4v) is 1.47. The number of rotatable bonds is 0. The summed E-state index contributed by atoms with van der Waals surface area (Å²) in [5.74, 6) is 0. The molecule has 0 aliphatic rings. The molecule has 0 radical (unpaired) electrons. The Morgan fingerprint density at radius 1 is 0.857 bits per heavy atom. The Kier molecular flexibility index (Phi) is 1.41. The molecule has 1 aromatic carbocycles. The third-order valence-corrected chi connectivity index (χ3v) is 2.11. The van der Waals surface area contributed by atoms with Crippen LogP contribution in [0.4, 0.5) is 0 Å². The topological polar surface area (TPSA) is 51.6 Å². The van der Waals surface area contributed by atoms with E-state index in [9.17, 15) is 0 Å². The number of nitrogens with zero attached hydrogens (tertiary/aromatic N) is 4. The van der Waals surface area contributed by atoms with E-state index in [1.54, 1.807) is 24.9 Å². The zero-order chi connectivity index (χ0) is 9.38. The van der Waals surface area contributed by atoms with Gasteiger partial charge in [-0.05, 0) is 12.1 Å². The van der Waals surface area contributed by atoms with E-state index < -0.39 is 0 Å². The molecular weight excluding hydrogens is 176 g/mol. The normalized spacial score (nSPS) is 10.9. The van der Waals surface area contributed by atoms with Gasteiger partial charge in [-0.2, -0.15) is 0 Å². The summed E-state index contributed by atoms with van der Waals surface area (Å²) in [5.41, 5.74) is 2.55. The summed E-state index contributed by atoms with van der Waals surface area (Å²) in [6, 6.07) is 3.88. The highest BCUT2D eigenvalue weighted by molar-refractivity contribution is 6.00. The van der Waals surface area contributed by atoms with Crippen LogP contribution in [0.25, 0.3) is 21.9 Å².